The minimum Gasteiger partial charge on any atom is -0.488 e. The number of nitrogens with zero attached hydrogens (tertiary/aromatic N) is 2. The highest BCUT2D eigenvalue weighted by Crippen LogP contribution is 2.23. The molecule has 1 saturated heterocycles. The van der Waals surface area contributed by atoms with Gasteiger partial charge in [0.15, 0.2) is 5.96 Å². The van der Waals surface area contributed by atoms with Crippen LogP contribution in [0.5, 0.6) is 5.75 Å². The van der Waals surface area contributed by atoms with Gasteiger partial charge in [0, 0.05) is 51.8 Å². The highest BCUT2D eigenvalue weighted by Gasteiger charge is 2.18. The van der Waals surface area contributed by atoms with Crippen molar-refractivity contribution in [2.75, 3.05) is 34.4 Å². The molecule has 174 valence electrons. The molecule has 1 unspecified atom stereocenters. The van der Waals surface area contributed by atoms with Gasteiger partial charge in [-0.3, -0.25) is 9.79 Å². The maximum Gasteiger partial charge on any atom is 0.253 e. The maximum absolute atomic E-state index is 12.0. The van der Waals surface area contributed by atoms with Gasteiger partial charge in [-0.15, -0.1) is 24.0 Å². The second-order valence-corrected chi connectivity index (χ2v) is 7.89. The van der Waals surface area contributed by atoms with Crippen molar-refractivity contribution in [1.29, 1.82) is 0 Å². The molecule has 1 atom stereocenters. The predicted octanol–water partition coefficient (Wildman–Crippen LogP) is 3.35. The molecule has 8 heteroatoms. The van der Waals surface area contributed by atoms with Gasteiger partial charge in [-0.25, -0.2) is 0 Å². The second kappa shape index (κ2) is 12.6. The molecule has 1 amide bonds. The van der Waals surface area contributed by atoms with Gasteiger partial charge in [-0.05, 0) is 36.2 Å². The zero-order chi connectivity index (χ0) is 22.2. The summed E-state index contributed by atoms with van der Waals surface area (Å²) in [5.74, 6) is 1.58. The van der Waals surface area contributed by atoms with Crippen molar-refractivity contribution in [2.24, 2.45) is 4.99 Å². The molecule has 1 aliphatic heterocycles. The number of carbonyl (C=O) groups is 1. The third-order valence-electron chi connectivity index (χ3n) is 5.14. The van der Waals surface area contributed by atoms with Gasteiger partial charge >= 0.3 is 0 Å². The van der Waals surface area contributed by atoms with E-state index in [0.29, 0.717) is 31.2 Å². The second-order valence-electron chi connectivity index (χ2n) is 7.89. The highest BCUT2D eigenvalue weighted by atomic mass is 127. The fourth-order valence-electron chi connectivity index (χ4n) is 3.31. The Morgan fingerprint density at radius 1 is 1.16 bits per heavy atom. The SMILES string of the molecule is CN=C(NCc1ccc(C(=O)N(C)C)cc1)NCc1ccc(C)cc1OC1CCOC1.I. The van der Waals surface area contributed by atoms with E-state index >= 15 is 0 Å². The third kappa shape index (κ3) is 7.37. The molecule has 1 heterocycles. The summed E-state index contributed by atoms with van der Waals surface area (Å²) in [7, 11) is 5.25. The van der Waals surface area contributed by atoms with E-state index in [2.05, 4.69) is 40.7 Å². The molecule has 7 nitrogen and oxygen atoms in total. The molecule has 0 saturated carbocycles. The monoisotopic (exact) mass is 552 g/mol. The van der Waals surface area contributed by atoms with E-state index in [-0.39, 0.29) is 36.0 Å². The number of carbonyl (C=O) groups excluding carboxylic acids is 1. The van der Waals surface area contributed by atoms with E-state index in [1.54, 1.807) is 26.0 Å². The standard InChI is InChI=1S/C24H32N4O3.HI/c1-17-5-8-20(22(13-17)31-21-11-12-30-16-21)15-27-24(25-2)26-14-18-6-9-19(10-7-18)23(29)28(3)4;/h5-10,13,21H,11-12,14-16H2,1-4H3,(H2,25,26,27);1H. The number of nitrogens with one attached hydrogen (secondary N) is 2. The highest BCUT2D eigenvalue weighted by molar-refractivity contribution is 14.0. The molecule has 2 aromatic rings. The first-order valence-electron chi connectivity index (χ1n) is 10.6. The number of rotatable bonds is 7. The summed E-state index contributed by atoms with van der Waals surface area (Å²) in [5.41, 5.74) is 3.98. The van der Waals surface area contributed by atoms with Crippen molar-refractivity contribution in [1.82, 2.24) is 15.5 Å². The molecule has 0 bridgehead atoms. The van der Waals surface area contributed by atoms with Crippen molar-refractivity contribution in [3.05, 3.63) is 64.7 Å². The van der Waals surface area contributed by atoms with Gasteiger partial charge in [0.05, 0.1) is 13.2 Å². The number of halogens is 1. The summed E-state index contributed by atoms with van der Waals surface area (Å²) in [5, 5.41) is 6.67. The predicted molar refractivity (Wildman–Crippen MR) is 138 cm³/mol. The Balaban J connectivity index is 0.00000363. The molecule has 0 aromatic heterocycles. The van der Waals surface area contributed by atoms with Crippen LogP contribution in [0.2, 0.25) is 0 Å². The van der Waals surface area contributed by atoms with Gasteiger partial charge < -0.3 is 25.0 Å². The fraction of sp³-hybridized carbons (Fsp3) is 0.417. The zero-order valence-electron chi connectivity index (χ0n) is 19.2. The summed E-state index contributed by atoms with van der Waals surface area (Å²) >= 11 is 0. The Morgan fingerprint density at radius 2 is 1.88 bits per heavy atom. The normalized spacial score (nSPS) is 15.6. The molecule has 2 aromatic carbocycles. The van der Waals surface area contributed by atoms with Gasteiger partial charge in [0.1, 0.15) is 11.9 Å². The van der Waals surface area contributed by atoms with Gasteiger partial charge in [0.2, 0.25) is 0 Å². The molecule has 1 fully saturated rings. The number of amides is 1. The molecule has 1 aliphatic rings. The molecular weight excluding hydrogens is 519 g/mol. The fourth-order valence-corrected chi connectivity index (χ4v) is 3.31. The van der Waals surface area contributed by atoms with Crippen molar-refractivity contribution in [3.8, 4) is 5.75 Å². The number of aryl methyl sites for hydroxylation is 1. The number of ether oxygens (including phenoxy) is 2. The van der Waals surface area contributed by atoms with E-state index in [0.717, 1.165) is 35.5 Å². The van der Waals surface area contributed by atoms with Crippen LogP contribution < -0.4 is 15.4 Å². The molecular formula is C24H33IN4O3. The van der Waals surface area contributed by atoms with Crippen LogP contribution >= 0.6 is 24.0 Å². The Morgan fingerprint density at radius 3 is 2.50 bits per heavy atom. The Hall–Kier alpha value is -2.33. The van der Waals surface area contributed by atoms with Gasteiger partial charge in [0.25, 0.3) is 5.91 Å². The van der Waals surface area contributed by atoms with Crippen LogP contribution in [-0.4, -0.2) is 57.2 Å². The summed E-state index contributed by atoms with van der Waals surface area (Å²) in [6, 6.07) is 13.8. The van der Waals surface area contributed by atoms with E-state index in [1.807, 2.05) is 24.3 Å². The van der Waals surface area contributed by atoms with Crippen LogP contribution in [0.25, 0.3) is 0 Å². The average Bonchev–Trinajstić information content (AvgIpc) is 3.28. The smallest absolute Gasteiger partial charge is 0.253 e. The first-order chi connectivity index (χ1) is 15.0. The van der Waals surface area contributed by atoms with Crippen LogP contribution in [0.1, 0.15) is 33.5 Å². The lowest BCUT2D eigenvalue weighted by molar-refractivity contribution is 0.0827. The molecule has 0 aliphatic carbocycles. The van der Waals surface area contributed by atoms with E-state index in [4.69, 9.17) is 9.47 Å². The summed E-state index contributed by atoms with van der Waals surface area (Å²) in [6.45, 7) is 4.66. The van der Waals surface area contributed by atoms with E-state index < -0.39 is 0 Å². The maximum atomic E-state index is 12.0. The summed E-state index contributed by atoms with van der Waals surface area (Å²) in [6.07, 6.45) is 1.03. The number of guanidine groups is 1. The molecule has 2 N–H and O–H groups in total. The molecule has 0 spiro atoms. The average molecular weight is 552 g/mol. The minimum atomic E-state index is -0.00253. The van der Waals surface area contributed by atoms with E-state index in [1.165, 1.54) is 0 Å². The lowest BCUT2D eigenvalue weighted by atomic mass is 10.1. The minimum absolute atomic E-state index is 0. The van der Waals surface area contributed by atoms with Crippen LogP contribution in [-0.2, 0) is 17.8 Å². The third-order valence-corrected chi connectivity index (χ3v) is 5.14. The first kappa shape index (κ1) is 25.9. The number of hydrogen-bond donors (Lipinski definition) is 2. The van der Waals surface area contributed by atoms with Gasteiger partial charge in [-0.1, -0.05) is 24.3 Å². The van der Waals surface area contributed by atoms with Crippen molar-refractivity contribution >= 4 is 35.8 Å². The van der Waals surface area contributed by atoms with E-state index in [9.17, 15) is 4.79 Å². The van der Waals surface area contributed by atoms with Crippen molar-refractivity contribution in [3.63, 3.8) is 0 Å². The Labute approximate surface area is 207 Å². The summed E-state index contributed by atoms with van der Waals surface area (Å²) < 4.78 is 11.6. The Kier molecular flexibility index (Phi) is 10.2. The largest absolute Gasteiger partial charge is 0.488 e. The number of hydrogen-bond acceptors (Lipinski definition) is 4. The topological polar surface area (TPSA) is 75.2 Å². The summed E-state index contributed by atoms with van der Waals surface area (Å²) in [4.78, 5) is 17.9. The van der Waals surface area contributed by atoms with Crippen molar-refractivity contribution < 1.29 is 14.3 Å². The van der Waals surface area contributed by atoms with Crippen LogP contribution in [0.3, 0.4) is 0 Å². The van der Waals surface area contributed by atoms with Crippen LogP contribution in [0, 0.1) is 6.92 Å². The molecule has 0 radical (unpaired) electrons. The van der Waals surface area contributed by atoms with Crippen molar-refractivity contribution in [2.45, 2.75) is 32.5 Å². The Bertz CT molecular complexity index is 910. The number of benzene rings is 2. The lowest BCUT2D eigenvalue weighted by Gasteiger charge is -2.18. The molecule has 32 heavy (non-hydrogen) atoms. The van der Waals surface area contributed by atoms with Crippen LogP contribution in [0.15, 0.2) is 47.5 Å². The molecule has 3 rings (SSSR count). The number of aliphatic imine (C=N–C) groups is 1. The van der Waals surface area contributed by atoms with Crippen LogP contribution in [0.4, 0.5) is 0 Å². The van der Waals surface area contributed by atoms with Gasteiger partial charge in [-0.2, -0.15) is 0 Å². The lowest BCUT2D eigenvalue weighted by Crippen LogP contribution is -2.36. The quantitative estimate of drug-likeness (QED) is 0.313. The first-order valence-corrected chi connectivity index (χ1v) is 10.6. The zero-order valence-corrected chi connectivity index (χ0v) is 21.5.